The van der Waals surface area contributed by atoms with Gasteiger partial charge in [0.2, 0.25) is 0 Å². The molecule has 5 nitrogen and oxygen atoms in total. The van der Waals surface area contributed by atoms with E-state index in [1.54, 1.807) is 36.5 Å². The maximum atomic E-state index is 12.2. The number of aryl methyl sites for hydroxylation is 1. The molecule has 2 rings (SSSR count). The van der Waals surface area contributed by atoms with Crippen LogP contribution in [0.5, 0.6) is 0 Å². The van der Waals surface area contributed by atoms with Crippen LogP contribution >= 0.6 is 0 Å². The second-order valence-corrected chi connectivity index (χ2v) is 5.82. The normalized spacial score (nSPS) is 11.3. The van der Waals surface area contributed by atoms with Gasteiger partial charge in [0.25, 0.3) is 10.0 Å². The van der Waals surface area contributed by atoms with Crippen LogP contribution < -0.4 is 10.5 Å². The van der Waals surface area contributed by atoms with Crippen molar-refractivity contribution >= 4 is 15.7 Å². The summed E-state index contributed by atoms with van der Waals surface area (Å²) in [4.78, 5) is 4.06. The van der Waals surface area contributed by atoms with Crippen LogP contribution in [-0.4, -0.2) is 13.4 Å². The predicted octanol–water partition coefficient (Wildman–Crippen LogP) is 1.65. The average Bonchev–Trinajstić information content (AvgIpc) is 2.39. The average molecular weight is 277 g/mol. The van der Waals surface area contributed by atoms with Gasteiger partial charge in [0, 0.05) is 12.7 Å². The summed E-state index contributed by atoms with van der Waals surface area (Å²) in [6.07, 6.45) is 3.03. The number of anilines is 1. The molecular formula is C13H15N3O2S. The van der Waals surface area contributed by atoms with Crippen LogP contribution in [0, 0.1) is 6.92 Å². The minimum atomic E-state index is -3.61. The van der Waals surface area contributed by atoms with Crippen LogP contribution in [0.15, 0.2) is 47.6 Å². The molecule has 0 aliphatic heterocycles. The predicted molar refractivity (Wildman–Crippen MR) is 74.1 cm³/mol. The van der Waals surface area contributed by atoms with Crippen LogP contribution in [0.2, 0.25) is 0 Å². The van der Waals surface area contributed by atoms with Crippen molar-refractivity contribution in [2.24, 2.45) is 5.73 Å². The van der Waals surface area contributed by atoms with Crippen molar-refractivity contribution in [3.05, 3.63) is 53.9 Å². The van der Waals surface area contributed by atoms with E-state index in [0.29, 0.717) is 12.2 Å². The molecule has 1 aromatic carbocycles. The minimum Gasteiger partial charge on any atom is -0.326 e. The number of benzene rings is 1. The van der Waals surface area contributed by atoms with Gasteiger partial charge in [0.15, 0.2) is 0 Å². The highest BCUT2D eigenvalue weighted by Gasteiger charge is 2.15. The van der Waals surface area contributed by atoms with Crippen molar-refractivity contribution in [1.82, 2.24) is 4.98 Å². The lowest BCUT2D eigenvalue weighted by Gasteiger charge is -2.10. The third kappa shape index (κ3) is 3.10. The molecular weight excluding hydrogens is 262 g/mol. The van der Waals surface area contributed by atoms with Gasteiger partial charge in [-0.2, -0.15) is 0 Å². The van der Waals surface area contributed by atoms with Gasteiger partial charge in [-0.25, -0.2) is 8.42 Å². The second-order valence-electron chi connectivity index (χ2n) is 4.14. The maximum absolute atomic E-state index is 12.2. The molecule has 0 saturated carbocycles. The fraction of sp³-hybridized carbons (Fsp3) is 0.154. The Balaban J connectivity index is 2.35. The Kier molecular flexibility index (Phi) is 3.82. The van der Waals surface area contributed by atoms with E-state index in [1.807, 2.05) is 6.92 Å². The van der Waals surface area contributed by atoms with Crippen LogP contribution in [-0.2, 0) is 16.6 Å². The zero-order valence-electron chi connectivity index (χ0n) is 10.5. The smallest absolute Gasteiger partial charge is 0.261 e. The molecule has 100 valence electrons. The lowest BCUT2D eigenvalue weighted by atomic mass is 10.1. The molecule has 0 bridgehead atoms. The summed E-state index contributed by atoms with van der Waals surface area (Å²) < 4.78 is 26.9. The number of nitrogens with two attached hydrogens (primary N) is 1. The third-order valence-corrected chi connectivity index (χ3v) is 4.14. The summed E-state index contributed by atoms with van der Waals surface area (Å²) in [5.74, 6) is 0. The van der Waals surface area contributed by atoms with Crippen molar-refractivity contribution in [3.8, 4) is 0 Å². The fourth-order valence-electron chi connectivity index (χ4n) is 1.67. The summed E-state index contributed by atoms with van der Waals surface area (Å²) in [7, 11) is -3.61. The van der Waals surface area contributed by atoms with E-state index in [2.05, 4.69) is 9.71 Å². The van der Waals surface area contributed by atoms with Crippen molar-refractivity contribution < 1.29 is 8.42 Å². The first-order valence-electron chi connectivity index (χ1n) is 5.75. The van der Waals surface area contributed by atoms with Gasteiger partial charge in [0.1, 0.15) is 0 Å². The Bertz CT molecular complexity index is 670. The Morgan fingerprint density at radius 3 is 2.74 bits per heavy atom. The van der Waals surface area contributed by atoms with Gasteiger partial charge in [-0.15, -0.1) is 0 Å². The molecule has 2 aromatic rings. The number of hydrogen-bond donors (Lipinski definition) is 2. The highest BCUT2D eigenvalue weighted by Crippen LogP contribution is 2.18. The molecule has 0 unspecified atom stereocenters. The van der Waals surface area contributed by atoms with E-state index in [0.717, 1.165) is 11.1 Å². The molecule has 0 atom stereocenters. The molecule has 0 spiro atoms. The molecule has 0 saturated heterocycles. The van der Waals surface area contributed by atoms with E-state index in [1.165, 1.54) is 6.20 Å². The Morgan fingerprint density at radius 1 is 1.32 bits per heavy atom. The van der Waals surface area contributed by atoms with Crippen molar-refractivity contribution in [2.75, 3.05) is 4.72 Å². The number of sulfonamides is 1. The second kappa shape index (κ2) is 5.38. The standard InChI is InChI=1S/C13H15N3O2S/c1-10-4-5-13(7-11(10)8-14)19(17,18)16-12-3-2-6-15-9-12/h2-7,9,16H,8,14H2,1H3. The van der Waals surface area contributed by atoms with Crippen LogP contribution in [0.4, 0.5) is 5.69 Å². The van der Waals surface area contributed by atoms with Gasteiger partial charge in [-0.05, 0) is 42.3 Å². The van der Waals surface area contributed by atoms with E-state index >= 15 is 0 Å². The minimum absolute atomic E-state index is 0.197. The largest absolute Gasteiger partial charge is 0.326 e. The van der Waals surface area contributed by atoms with Crippen molar-refractivity contribution in [1.29, 1.82) is 0 Å². The Hall–Kier alpha value is -1.92. The molecule has 0 amide bonds. The summed E-state index contributed by atoms with van der Waals surface area (Å²) in [5.41, 5.74) is 7.81. The first kappa shape index (κ1) is 13.5. The number of nitrogens with one attached hydrogen (secondary N) is 1. The van der Waals surface area contributed by atoms with Gasteiger partial charge in [-0.1, -0.05) is 6.07 Å². The molecule has 0 aliphatic rings. The maximum Gasteiger partial charge on any atom is 0.261 e. The molecule has 0 fully saturated rings. The van der Waals surface area contributed by atoms with Crippen LogP contribution in [0.3, 0.4) is 0 Å². The molecule has 19 heavy (non-hydrogen) atoms. The zero-order valence-corrected chi connectivity index (χ0v) is 11.3. The summed E-state index contributed by atoms with van der Waals surface area (Å²) in [6, 6.07) is 8.21. The van der Waals surface area contributed by atoms with E-state index < -0.39 is 10.0 Å². The Labute approximate surface area is 112 Å². The van der Waals surface area contributed by atoms with Crippen molar-refractivity contribution in [3.63, 3.8) is 0 Å². The van der Waals surface area contributed by atoms with Gasteiger partial charge in [-0.3, -0.25) is 9.71 Å². The number of pyridine rings is 1. The SMILES string of the molecule is Cc1ccc(S(=O)(=O)Nc2cccnc2)cc1CN. The van der Waals surface area contributed by atoms with Gasteiger partial charge < -0.3 is 5.73 Å². The van der Waals surface area contributed by atoms with Crippen LogP contribution in [0.25, 0.3) is 0 Å². The first-order chi connectivity index (χ1) is 9.03. The van der Waals surface area contributed by atoms with Crippen molar-refractivity contribution in [2.45, 2.75) is 18.4 Å². The highest BCUT2D eigenvalue weighted by atomic mass is 32.2. The fourth-order valence-corrected chi connectivity index (χ4v) is 2.77. The first-order valence-corrected chi connectivity index (χ1v) is 7.23. The molecule has 1 heterocycles. The zero-order chi connectivity index (χ0) is 13.9. The number of nitrogens with zero attached hydrogens (tertiary/aromatic N) is 1. The molecule has 0 aliphatic carbocycles. The molecule has 0 radical (unpaired) electrons. The van der Waals surface area contributed by atoms with E-state index in [-0.39, 0.29) is 4.90 Å². The lowest BCUT2D eigenvalue weighted by molar-refractivity contribution is 0.601. The summed E-state index contributed by atoms with van der Waals surface area (Å²) >= 11 is 0. The number of rotatable bonds is 4. The number of hydrogen-bond acceptors (Lipinski definition) is 4. The third-order valence-electron chi connectivity index (χ3n) is 2.76. The monoisotopic (exact) mass is 277 g/mol. The molecule has 1 aromatic heterocycles. The van der Waals surface area contributed by atoms with Gasteiger partial charge in [0.05, 0.1) is 16.8 Å². The van der Waals surface area contributed by atoms with E-state index in [4.69, 9.17) is 5.73 Å². The van der Waals surface area contributed by atoms with E-state index in [9.17, 15) is 8.42 Å². The summed E-state index contributed by atoms with van der Waals surface area (Å²) in [5, 5.41) is 0. The van der Waals surface area contributed by atoms with Crippen LogP contribution in [0.1, 0.15) is 11.1 Å². The number of aromatic nitrogens is 1. The lowest BCUT2D eigenvalue weighted by Crippen LogP contribution is -2.14. The molecule has 6 heteroatoms. The highest BCUT2D eigenvalue weighted by molar-refractivity contribution is 7.92. The molecule has 3 N–H and O–H groups in total. The Morgan fingerprint density at radius 2 is 2.11 bits per heavy atom. The quantitative estimate of drug-likeness (QED) is 0.889. The summed E-state index contributed by atoms with van der Waals surface area (Å²) in [6.45, 7) is 2.20. The van der Waals surface area contributed by atoms with Gasteiger partial charge >= 0.3 is 0 Å². The topological polar surface area (TPSA) is 85.1 Å².